The van der Waals surface area contributed by atoms with Crippen LogP contribution in [-0.2, 0) is 14.3 Å². The first-order valence-electron chi connectivity index (χ1n) is 9.90. The molecule has 0 radical (unpaired) electrons. The van der Waals surface area contributed by atoms with Crippen molar-refractivity contribution in [3.63, 3.8) is 0 Å². The molecule has 1 amide bonds. The van der Waals surface area contributed by atoms with Crippen molar-refractivity contribution in [3.05, 3.63) is 64.2 Å². The van der Waals surface area contributed by atoms with Crippen LogP contribution in [0.25, 0.3) is 6.08 Å². The van der Waals surface area contributed by atoms with Crippen LogP contribution >= 0.6 is 11.6 Å². The minimum atomic E-state index is -0.644. The number of hydrogen-bond donors (Lipinski definition) is 1. The van der Waals surface area contributed by atoms with E-state index in [1.165, 1.54) is 31.9 Å². The van der Waals surface area contributed by atoms with E-state index < -0.39 is 5.97 Å². The van der Waals surface area contributed by atoms with Gasteiger partial charge in [-0.2, -0.15) is 0 Å². The van der Waals surface area contributed by atoms with Crippen LogP contribution in [0.15, 0.2) is 42.5 Å². The third kappa shape index (κ3) is 7.03. The minimum absolute atomic E-state index is 0.197. The summed E-state index contributed by atoms with van der Waals surface area (Å²) in [6.45, 7) is 5.76. The molecule has 0 saturated heterocycles. The Morgan fingerprint density at radius 2 is 1.68 bits per heavy atom. The summed E-state index contributed by atoms with van der Waals surface area (Å²) >= 11 is 6.15. The molecule has 0 aliphatic carbocycles. The fourth-order valence-corrected chi connectivity index (χ4v) is 3.22. The maximum absolute atomic E-state index is 12.1. The largest absolute Gasteiger partial charge is 0.493 e. The highest BCUT2D eigenvalue weighted by Gasteiger charge is 2.12. The fourth-order valence-electron chi connectivity index (χ4n) is 2.92. The van der Waals surface area contributed by atoms with Crippen LogP contribution in [0.4, 0.5) is 0 Å². The van der Waals surface area contributed by atoms with Crippen molar-refractivity contribution in [3.8, 4) is 11.5 Å². The summed E-state index contributed by atoms with van der Waals surface area (Å²) in [6.07, 6.45) is 2.74. The van der Waals surface area contributed by atoms with Gasteiger partial charge in [-0.25, -0.2) is 4.79 Å². The van der Waals surface area contributed by atoms with E-state index in [2.05, 4.69) is 19.2 Å². The predicted octanol–water partition coefficient (Wildman–Crippen LogP) is 4.91. The molecule has 2 aromatic carbocycles. The summed E-state index contributed by atoms with van der Waals surface area (Å²) in [6, 6.07) is 11.2. The molecule has 6 nitrogen and oxygen atoms in total. The standard InChI is InChI=1S/C24H28ClNO5/c1-15(2)18-7-9-19(10-8-18)16(3)26-22(27)14-31-23(28)11-6-17-12-20(25)24(30-5)21(13-17)29-4/h6-13,15-16H,14H2,1-5H3,(H,26,27)/b11-6+. The van der Waals surface area contributed by atoms with E-state index in [1.54, 1.807) is 12.1 Å². The molecule has 166 valence electrons. The topological polar surface area (TPSA) is 73.9 Å². The van der Waals surface area contributed by atoms with Crippen LogP contribution in [0.2, 0.25) is 5.02 Å². The lowest BCUT2D eigenvalue weighted by atomic mass is 9.99. The third-order valence-corrected chi connectivity index (χ3v) is 4.97. The van der Waals surface area contributed by atoms with Gasteiger partial charge in [-0.15, -0.1) is 0 Å². The summed E-state index contributed by atoms with van der Waals surface area (Å²) in [5.74, 6) is 0.277. The Kier molecular flexibility index (Phi) is 8.94. The molecule has 2 aromatic rings. The van der Waals surface area contributed by atoms with E-state index in [0.29, 0.717) is 28.0 Å². The Balaban J connectivity index is 1.88. The van der Waals surface area contributed by atoms with Crippen LogP contribution in [0, 0.1) is 0 Å². The van der Waals surface area contributed by atoms with Crippen LogP contribution in [-0.4, -0.2) is 32.7 Å². The lowest BCUT2D eigenvalue weighted by Crippen LogP contribution is -2.30. The molecule has 7 heteroatoms. The molecule has 0 aliphatic heterocycles. The lowest BCUT2D eigenvalue weighted by molar-refractivity contribution is -0.144. The van der Waals surface area contributed by atoms with Crippen molar-refractivity contribution >= 4 is 29.6 Å². The van der Waals surface area contributed by atoms with Crippen molar-refractivity contribution in [1.82, 2.24) is 5.32 Å². The average Bonchev–Trinajstić information content (AvgIpc) is 2.75. The summed E-state index contributed by atoms with van der Waals surface area (Å²) < 4.78 is 15.4. The predicted molar refractivity (Wildman–Crippen MR) is 122 cm³/mol. The summed E-state index contributed by atoms with van der Waals surface area (Å²) in [5.41, 5.74) is 2.84. The SMILES string of the molecule is COc1cc(/C=C/C(=O)OCC(=O)NC(C)c2ccc(C(C)C)cc2)cc(Cl)c1OC. The Hall–Kier alpha value is -2.99. The fraction of sp³-hybridized carbons (Fsp3) is 0.333. The second-order valence-corrected chi connectivity index (χ2v) is 7.70. The summed E-state index contributed by atoms with van der Waals surface area (Å²) in [4.78, 5) is 24.1. The molecular formula is C24H28ClNO5. The molecule has 0 aromatic heterocycles. The first kappa shape index (κ1) is 24.3. The number of amides is 1. The van der Waals surface area contributed by atoms with Gasteiger partial charge in [0, 0.05) is 6.08 Å². The Bertz CT molecular complexity index is 938. The number of ether oxygens (including phenoxy) is 3. The number of nitrogens with one attached hydrogen (secondary N) is 1. The van der Waals surface area contributed by atoms with E-state index in [0.717, 1.165) is 5.56 Å². The highest BCUT2D eigenvalue weighted by Crippen LogP contribution is 2.36. The maximum atomic E-state index is 12.1. The third-order valence-electron chi connectivity index (χ3n) is 4.69. The lowest BCUT2D eigenvalue weighted by Gasteiger charge is -2.15. The highest BCUT2D eigenvalue weighted by molar-refractivity contribution is 6.32. The molecule has 1 N–H and O–H groups in total. The number of benzene rings is 2. The number of rotatable bonds is 9. The van der Waals surface area contributed by atoms with Crippen molar-refractivity contribution in [1.29, 1.82) is 0 Å². The Morgan fingerprint density at radius 3 is 2.26 bits per heavy atom. The van der Waals surface area contributed by atoms with E-state index >= 15 is 0 Å². The van der Waals surface area contributed by atoms with E-state index in [1.807, 2.05) is 31.2 Å². The van der Waals surface area contributed by atoms with Crippen molar-refractivity contribution in [2.75, 3.05) is 20.8 Å². The van der Waals surface area contributed by atoms with E-state index in [-0.39, 0.29) is 18.6 Å². The quantitative estimate of drug-likeness (QED) is 0.438. The average molecular weight is 446 g/mol. The first-order chi connectivity index (χ1) is 14.7. The number of hydrogen-bond acceptors (Lipinski definition) is 5. The number of carbonyl (C=O) groups excluding carboxylic acids is 2. The zero-order chi connectivity index (χ0) is 23.0. The van der Waals surface area contributed by atoms with Gasteiger partial charge < -0.3 is 19.5 Å². The highest BCUT2D eigenvalue weighted by atomic mass is 35.5. The molecule has 2 rings (SSSR count). The monoisotopic (exact) mass is 445 g/mol. The molecule has 0 fully saturated rings. The number of halogens is 1. The smallest absolute Gasteiger partial charge is 0.331 e. The molecule has 0 bridgehead atoms. The van der Waals surface area contributed by atoms with Crippen molar-refractivity contribution in [2.45, 2.75) is 32.7 Å². The molecule has 1 atom stereocenters. The van der Waals surface area contributed by atoms with Crippen LogP contribution < -0.4 is 14.8 Å². The molecule has 0 aliphatic rings. The summed E-state index contributed by atoms with van der Waals surface area (Å²) in [5, 5.41) is 3.17. The van der Waals surface area contributed by atoms with Gasteiger partial charge in [0.05, 0.1) is 25.3 Å². The molecule has 1 unspecified atom stereocenters. The van der Waals surface area contributed by atoms with Crippen LogP contribution in [0.5, 0.6) is 11.5 Å². The number of methoxy groups -OCH3 is 2. The van der Waals surface area contributed by atoms with E-state index in [4.69, 9.17) is 25.8 Å². The second kappa shape index (κ2) is 11.4. The van der Waals surface area contributed by atoms with Gasteiger partial charge in [-0.05, 0) is 47.7 Å². The van der Waals surface area contributed by atoms with Gasteiger partial charge in [-0.3, -0.25) is 4.79 Å². The molecular weight excluding hydrogens is 418 g/mol. The van der Waals surface area contributed by atoms with Gasteiger partial charge in [0.15, 0.2) is 18.1 Å². The second-order valence-electron chi connectivity index (χ2n) is 7.29. The first-order valence-corrected chi connectivity index (χ1v) is 10.3. The molecule has 0 heterocycles. The van der Waals surface area contributed by atoms with Gasteiger partial charge in [0.1, 0.15) is 0 Å². The van der Waals surface area contributed by atoms with Gasteiger partial charge in [0.2, 0.25) is 0 Å². The van der Waals surface area contributed by atoms with Gasteiger partial charge in [-0.1, -0.05) is 49.7 Å². The van der Waals surface area contributed by atoms with E-state index in [9.17, 15) is 9.59 Å². The zero-order valence-electron chi connectivity index (χ0n) is 18.4. The Labute approximate surface area is 188 Å². The number of esters is 1. The van der Waals surface area contributed by atoms with Crippen LogP contribution in [0.3, 0.4) is 0 Å². The van der Waals surface area contributed by atoms with Gasteiger partial charge >= 0.3 is 5.97 Å². The minimum Gasteiger partial charge on any atom is -0.493 e. The summed E-state index contributed by atoms with van der Waals surface area (Å²) in [7, 11) is 2.98. The normalized spacial score (nSPS) is 12.0. The molecule has 0 saturated carbocycles. The Morgan fingerprint density at radius 1 is 1.03 bits per heavy atom. The molecule has 0 spiro atoms. The maximum Gasteiger partial charge on any atom is 0.331 e. The zero-order valence-corrected chi connectivity index (χ0v) is 19.2. The van der Waals surface area contributed by atoms with Gasteiger partial charge in [0.25, 0.3) is 5.91 Å². The molecule has 31 heavy (non-hydrogen) atoms. The van der Waals surface area contributed by atoms with Crippen molar-refractivity contribution in [2.24, 2.45) is 0 Å². The van der Waals surface area contributed by atoms with Crippen LogP contribution in [0.1, 0.15) is 49.4 Å². The number of carbonyl (C=O) groups is 2. The van der Waals surface area contributed by atoms with Crippen molar-refractivity contribution < 1.29 is 23.8 Å².